The molecular weight excluding hydrogens is 256 g/mol. The zero-order valence-corrected chi connectivity index (χ0v) is 11.2. The second-order valence-corrected chi connectivity index (χ2v) is 5.92. The summed E-state index contributed by atoms with van der Waals surface area (Å²) in [5.41, 5.74) is 0. The van der Waals surface area contributed by atoms with Crippen LogP contribution in [-0.2, 0) is 14.8 Å². The van der Waals surface area contributed by atoms with Crippen LogP contribution >= 0.6 is 0 Å². The zero-order valence-electron chi connectivity index (χ0n) is 10.3. The molecule has 1 aliphatic rings. The Labute approximate surface area is 107 Å². The van der Waals surface area contributed by atoms with E-state index >= 15 is 0 Å². The van der Waals surface area contributed by atoms with Crippen molar-refractivity contribution in [3.05, 3.63) is 12.0 Å². The number of imidazole rings is 1. The molecule has 0 radical (unpaired) electrons. The first-order valence-electron chi connectivity index (χ1n) is 5.89. The standard InChI is InChI=1S/C10H18N4O3S/c1-9-11-8-10(13-9)18(15,16)12-2-3-14-4-6-17-7-5-14/h8,12H,2-7H2,1H3,(H,11,13). The molecule has 0 saturated carbocycles. The highest BCUT2D eigenvalue weighted by atomic mass is 32.2. The van der Waals surface area contributed by atoms with Crippen molar-refractivity contribution in [1.29, 1.82) is 0 Å². The molecular formula is C10H18N4O3S. The largest absolute Gasteiger partial charge is 0.379 e. The van der Waals surface area contributed by atoms with Crippen molar-refractivity contribution in [3.63, 3.8) is 0 Å². The van der Waals surface area contributed by atoms with Gasteiger partial charge in [-0.15, -0.1) is 0 Å². The van der Waals surface area contributed by atoms with E-state index in [1.165, 1.54) is 6.20 Å². The second kappa shape index (κ2) is 5.79. The van der Waals surface area contributed by atoms with E-state index in [1.807, 2.05) is 0 Å². The summed E-state index contributed by atoms with van der Waals surface area (Å²) in [4.78, 5) is 8.76. The molecule has 1 aromatic heterocycles. The number of hydrogen-bond acceptors (Lipinski definition) is 5. The van der Waals surface area contributed by atoms with Crippen molar-refractivity contribution >= 4 is 10.0 Å². The molecule has 2 N–H and O–H groups in total. The number of nitrogens with one attached hydrogen (secondary N) is 2. The summed E-state index contributed by atoms with van der Waals surface area (Å²) in [6.07, 6.45) is 1.33. The lowest BCUT2D eigenvalue weighted by atomic mass is 10.4. The quantitative estimate of drug-likeness (QED) is 0.743. The number of sulfonamides is 1. The smallest absolute Gasteiger partial charge is 0.257 e. The van der Waals surface area contributed by atoms with E-state index in [0.717, 1.165) is 13.1 Å². The minimum atomic E-state index is -3.47. The lowest BCUT2D eigenvalue weighted by Crippen LogP contribution is -2.41. The van der Waals surface area contributed by atoms with Gasteiger partial charge in [0.05, 0.1) is 19.4 Å². The molecule has 0 aromatic carbocycles. The Kier molecular flexibility index (Phi) is 4.33. The molecule has 102 valence electrons. The van der Waals surface area contributed by atoms with Gasteiger partial charge in [-0.2, -0.15) is 0 Å². The molecule has 1 aliphatic heterocycles. The minimum Gasteiger partial charge on any atom is -0.379 e. The summed E-state index contributed by atoms with van der Waals surface area (Å²) >= 11 is 0. The predicted molar refractivity (Wildman–Crippen MR) is 65.8 cm³/mol. The summed E-state index contributed by atoms with van der Waals surface area (Å²) in [6, 6.07) is 0. The molecule has 0 atom stereocenters. The van der Waals surface area contributed by atoms with Gasteiger partial charge in [0.25, 0.3) is 10.0 Å². The molecule has 0 spiro atoms. The summed E-state index contributed by atoms with van der Waals surface area (Å²) in [6.45, 7) is 5.93. The van der Waals surface area contributed by atoms with E-state index in [0.29, 0.717) is 32.1 Å². The van der Waals surface area contributed by atoms with Gasteiger partial charge in [-0.05, 0) is 6.92 Å². The van der Waals surface area contributed by atoms with Crippen molar-refractivity contribution in [2.45, 2.75) is 11.9 Å². The Hall–Kier alpha value is -0.960. The molecule has 8 heteroatoms. The molecule has 1 aromatic rings. The second-order valence-electron chi connectivity index (χ2n) is 4.18. The van der Waals surface area contributed by atoms with Crippen LogP contribution in [-0.4, -0.2) is 62.7 Å². The SMILES string of the molecule is Cc1ncc(S(=O)(=O)NCCN2CCOCC2)[nH]1. The third-order valence-electron chi connectivity index (χ3n) is 2.79. The number of rotatable bonds is 5. The maximum atomic E-state index is 11.9. The average Bonchev–Trinajstić information content (AvgIpc) is 2.78. The van der Waals surface area contributed by atoms with E-state index in [1.54, 1.807) is 6.92 Å². The molecule has 0 unspecified atom stereocenters. The Morgan fingerprint density at radius 1 is 1.50 bits per heavy atom. The number of nitrogens with zero attached hydrogens (tertiary/aromatic N) is 2. The van der Waals surface area contributed by atoms with Crippen molar-refractivity contribution in [1.82, 2.24) is 19.6 Å². The number of hydrogen-bond donors (Lipinski definition) is 2. The predicted octanol–water partition coefficient (Wildman–Crippen LogP) is -0.671. The third-order valence-corrected chi connectivity index (χ3v) is 4.16. The molecule has 0 amide bonds. The van der Waals surface area contributed by atoms with Crippen molar-refractivity contribution < 1.29 is 13.2 Å². The number of ether oxygens (including phenoxy) is 1. The van der Waals surface area contributed by atoms with Crippen LogP contribution < -0.4 is 4.72 Å². The summed E-state index contributed by atoms with van der Waals surface area (Å²) < 4.78 is 31.5. The molecule has 1 saturated heterocycles. The maximum absolute atomic E-state index is 11.9. The lowest BCUT2D eigenvalue weighted by molar-refractivity contribution is 0.0390. The molecule has 2 heterocycles. The Morgan fingerprint density at radius 3 is 2.83 bits per heavy atom. The zero-order chi connectivity index (χ0) is 13.0. The topological polar surface area (TPSA) is 87.3 Å². The van der Waals surface area contributed by atoms with Crippen LogP contribution in [0.4, 0.5) is 0 Å². The van der Waals surface area contributed by atoms with E-state index < -0.39 is 10.0 Å². The van der Waals surface area contributed by atoms with Crippen LogP contribution in [0, 0.1) is 6.92 Å². The number of aromatic nitrogens is 2. The van der Waals surface area contributed by atoms with E-state index in [9.17, 15) is 8.42 Å². The van der Waals surface area contributed by atoms with Crippen LogP contribution in [0.25, 0.3) is 0 Å². The maximum Gasteiger partial charge on any atom is 0.257 e. The third kappa shape index (κ3) is 3.52. The molecule has 0 bridgehead atoms. The Balaban J connectivity index is 1.82. The Morgan fingerprint density at radius 2 is 2.22 bits per heavy atom. The van der Waals surface area contributed by atoms with Gasteiger partial charge in [0.15, 0.2) is 5.03 Å². The van der Waals surface area contributed by atoms with Crippen LogP contribution in [0.5, 0.6) is 0 Å². The van der Waals surface area contributed by atoms with Crippen molar-refractivity contribution in [2.75, 3.05) is 39.4 Å². The van der Waals surface area contributed by atoms with Gasteiger partial charge in [0.1, 0.15) is 5.82 Å². The fourth-order valence-electron chi connectivity index (χ4n) is 1.78. The first-order valence-corrected chi connectivity index (χ1v) is 7.37. The van der Waals surface area contributed by atoms with Gasteiger partial charge in [0, 0.05) is 26.2 Å². The monoisotopic (exact) mass is 274 g/mol. The van der Waals surface area contributed by atoms with Gasteiger partial charge < -0.3 is 9.72 Å². The normalized spacial score (nSPS) is 18.1. The molecule has 7 nitrogen and oxygen atoms in total. The van der Waals surface area contributed by atoms with E-state index in [4.69, 9.17) is 4.74 Å². The van der Waals surface area contributed by atoms with Crippen LogP contribution in [0.1, 0.15) is 5.82 Å². The van der Waals surface area contributed by atoms with Crippen molar-refractivity contribution in [3.8, 4) is 0 Å². The van der Waals surface area contributed by atoms with Crippen molar-refractivity contribution in [2.24, 2.45) is 0 Å². The minimum absolute atomic E-state index is 0.113. The first kappa shape index (κ1) is 13.5. The van der Waals surface area contributed by atoms with Crippen LogP contribution in [0.15, 0.2) is 11.2 Å². The fraction of sp³-hybridized carbons (Fsp3) is 0.700. The van der Waals surface area contributed by atoms with Gasteiger partial charge in [-0.25, -0.2) is 18.1 Å². The van der Waals surface area contributed by atoms with Crippen LogP contribution in [0.3, 0.4) is 0 Å². The molecule has 18 heavy (non-hydrogen) atoms. The van der Waals surface area contributed by atoms with Gasteiger partial charge in [-0.1, -0.05) is 0 Å². The van der Waals surface area contributed by atoms with Crippen LogP contribution in [0.2, 0.25) is 0 Å². The van der Waals surface area contributed by atoms with E-state index in [-0.39, 0.29) is 5.03 Å². The number of H-pyrrole nitrogens is 1. The first-order chi connectivity index (χ1) is 8.58. The van der Waals surface area contributed by atoms with Gasteiger partial charge >= 0.3 is 0 Å². The highest BCUT2D eigenvalue weighted by molar-refractivity contribution is 7.89. The van der Waals surface area contributed by atoms with Gasteiger partial charge in [0.2, 0.25) is 0 Å². The summed E-state index contributed by atoms with van der Waals surface area (Å²) in [5, 5.41) is 0.113. The highest BCUT2D eigenvalue weighted by Gasteiger charge is 2.17. The van der Waals surface area contributed by atoms with Gasteiger partial charge in [-0.3, -0.25) is 4.90 Å². The molecule has 2 rings (SSSR count). The summed E-state index contributed by atoms with van der Waals surface area (Å²) in [7, 11) is -3.47. The lowest BCUT2D eigenvalue weighted by Gasteiger charge is -2.26. The number of aryl methyl sites for hydroxylation is 1. The summed E-state index contributed by atoms with van der Waals surface area (Å²) in [5.74, 6) is 0.587. The Bertz CT molecular complexity index is 479. The molecule has 0 aliphatic carbocycles. The highest BCUT2D eigenvalue weighted by Crippen LogP contribution is 2.04. The fourth-order valence-corrected chi connectivity index (χ4v) is 2.76. The number of aromatic amines is 1. The average molecular weight is 274 g/mol. The number of morpholine rings is 1. The molecule has 1 fully saturated rings. The van der Waals surface area contributed by atoms with E-state index in [2.05, 4.69) is 19.6 Å².